The third-order valence-corrected chi connectivity index (χ3v) is 2.76. The predicted octanol–water partition coefficient (Wildman–Crippen LogP) is 0.0954. The number of piperidine rings is 1. The standard InChI is InChI=1S/C10H15N3O2/c14-9(7-3-1-2-4-12-7)10(15)8-5-11-6-13-8/h5-7,9,12,14H,1-4H2,(H,11,13). The van der Waals surface area contributed by atoms with Crippen molar-refractivity contribution >= 4 is 5.78 Å². The Morgan fingerprint density at radius 1 is 1.60 bits per heavy atom. The summed E-state index contributed by atoms with van der Waals surface area (Å²) in [6.45, 7) is 0.873. The van der Waals surface area contributed by atoms with Crippen molar-refractivity contribution in [1.82, 2.24) is 15.3 Å². The lowest BCUT2D eigenvalue weighted by molar-refractivity contribution is 0.0622. The minimum absolute atomic E-state index is 0.116. The molecule has 1 aromatic rings. The molecule has 0 saturated carbocycles. The van der Waals surface area contributed by atoms with Crippen LogP contribution in [0.1, 0.15) is 29.8 Å². The zero-order valence-corrected chi connectivity index (χ0v) is 8.44. The molecule has 0 spiro atoms. The zero-order chi connectivity index (χ0) is 10.7. The van der Waals surface area contributed by atoms with Crippen molar-refractivity contribution in [3.8, 4) is 0 Å². The van der Waals surface area contributed by atoms with Crippen molar-refractivity contribution in [3.05, 3.63) is 18.2 Å². The second-order valence-electron chi connectivity index (χ2n) is 3.83. The maximum Gasteiger partial charge on any atom is 0.210 e. The van der Waals surface area contributed by atoms with Crippen molar-refractivity contribution in [2.45, 2.75) is 31.4 Å². The van der Waals surface area contributed by atoms with E-state index in [4.69, 9.17) is 0 Å². The molecule has 5 heteroatoms. The number of aromatic nitrogens is 2. The molecule has 15 heavy (non-hydrogen) atoms. The lowest BCUT2D eigenvalue weighted by atomic mass is 9.96. The van der Waals surface area contributed by atoms with Crippen LogP contribution in [-0.2, 0) is 0 Å². The molecule has 5 nitrogen and oxygen atoms in total. The number of Topliss-reactive ketones (excluding diaryl/α,β-unsaturated/α-hetero) is 1. The van der Waals surface area contributed by atoms with E-state index in [1.54, 1.807) is 0 Å². The Bertz CT molecular complexity index is 317. The molecular formula is C10H15N3O2. The van der Waals surface area contributed by atoms with Gasteiger partial charge in [0, 0.05) is 6.04 Å². The number of ketones is 1. The largest absolute Gasteiger partial charge is 0.383 e. The highest BCUT2D eigenvalue weighted by Crippen LogP contribution is 2.13. The highest BCUT2D eigenvalue weighted by molar-refractivity contribution is 5.97. The Kier molecular flexibility index (Phi) is 3.13. The minimum atomic E-state index is -0.967. The van der Waals surface area contributed by atoms with Gasteiger partial charge in [-0.2, -0.15) is 0 Å². The second-order valence-corrected chi connectivity index (χ2v) is 3.83. The summed E-state index contributed by atoms with van der Waals surface area (Å²) in [7, 11) is 0. The van der Waals surface area contributed by atoms with E-state index in [9.17, 15) is 9.90 Å². The van der Waals surface area contributed by atoms with E-state index >= 15 is 0 Å². The maximum absolute atomic E-state index is 11.7. The number of carbonyl (C=O) groups excluding carboxylic acids is 1. The first-order valence-corrected chi connectivity index (χ1v) is 5.23. The number of H-pyrrole nitrogens is 1. The molecule has 3 N–H and O–H groups in total. The van der Waals surface area contributed by atoms with Gasteiger partial charge in [-0.05, 0) is 19.4 Å². The molecule has 2 unspecified atom stereocenters. The number of hydrogen-bond donors (Lipinski definition) is 3. The van der Waals surface area contributed by atoms with Crippen LogP contribution in [0.4, 0.5) is 0 Å². The first-order chi connectivity index (χ1) is 7.29. The lowest BCUT2D eigenvalue weighted by Crippen LogP contribution is -2.46. The fourth-order valence-corrected chi connectivity index (χ4v) is 1.88. The molecule has 2 rings (SSSR count). The van der Waals surface area contributed by atoms with Gasteiger partial charge >= 0.3 is 0 Å². The molecule has 0 aliphatic carbocycles. The third kappa shape index (κ3) is 2.24. The highest BCUT2D eigenvalue weighted by Gasteiger charge is 2.28. The first-order valence-electron chi connectivity index (χ1n) is 5.23. The summed E-state index contributed by atoms with van der Waals surface area (Å²) in [6, 6.07) is -0.116. The molecular weight excluding hydrogens is 194 g/mol. The molecule has 1 aromatic heterocycles. The summed E-state index contributed by atoms with van der Waals surface area (Å²) in [5.41, 5.74) is 0.370. The molecule has 2 atom stereocenters. The van der Waals surface area contributed by atoms with Crippen LogP contribution in [-0.4, -0.2) is 39.5 Å². The van der Waals surface area contributed by atoms with Crippen LogP contribution < -0.4 is 5.32 Å². The Hall–Kier alpha value is -1.20. The van der Waals surface area contributed by atoms with Gasteiger partial charge in [0.25, 0.3) is 0 Å². The minimum Gasteiger partial charge on any atom is -0.383 e. The van der Waals surface area contributed by atoms with Crippen LogP contribution in [0.3, 0.4) is 0 Å². The average molecular weight is 209 g/mol. The van der Waals surface area contributed by atoms with Gasteiger partial charge < -0.3 is 15.4 Å². The summed E-state index contributed by atoms with van der Waals surface area (Å²) in [4.78, 5) is 18.2. The SMILES string of the molecule is O=C(c1cnc[nH]1)C(O)C1CCCCN1. The monoisotopic (exact) mass is 209 g/mol. The van der Waals surface area contributed by atoms with Crippen molar-refractivity contribution in [2.24, 2.45) is 0 Å². The number of aliphatic hydroxyl groups excluding tert-OH is 1. The summed E-state index contributed by atoms with van der Waals surface area (Å²) in [5, 5.41) is 13.0. The van der Waals surface area contributed by atoms with Crippen LogP contribution in [0.25, 0.3) is 0 Å². The van der Waals surface area contributed by atoms with E-state index in [1.165, 1.54) is 12.5 Å². The maximum atomic E-state index is 11.7. The number of aromatic amines is 1. The van der Waals surface area contributed by atoms with Gasteiger partial charge in [-0.25, -0.2) is 4.98 Å². The van der Waals surface area contributed by atoms with Gasteiger partial charge in [0.2, 0.25) is 5.78 Å². The first kappa shape index (κ1) is 10.3. The Balaban J connectivity index is 2.00. The van der Waals surface area contributed by atoms with Crippen molar-refractivity contribution < 1.29 is 9.90 Å². The van der Waals surface area contributed by atoms with E-state index in [0.717, 1.165) is 25.8 Å². The molecule has 1 fully saturated rings. The van der Waals surface area contributed by atoms with Crippen LogP contribution in [0, 0.1) is 0 Å². The number of nitrogens with one attached hydrogen (secondary N) is 2. The normalized spacial score (nSPS) is 23.7. The van der Waals surface area contributed by atoms with Gasteiger partial charge in [0.15, 0.2) is 0 Å². The predicted molar refractivity (Wildman–Crippen MR) is 54.6 cm³/mol. The summed E-state index contributed by atoms with van der Waals surface area (Å²) in [6.07, 6.45) is 4.93. The fourth-order valence-electron chi connectivity index (χ4n) is 1.88. The van der Waals surface area contributed by atoms with Crippen LogP contribution in [0.2, 0.25) is 0 Å². The van der Waals surface area contributed by atoms with E-state index < -0.39 is 6.10 Å². The topological polar surface area (TPSA) is 78.0 Å². The van der Waals surface area contributed by atoms with E-state index in [0.29, 0.717) is 5.69 Å². The van der Waals surface area contributed by atoms with Gasteiger partial charge in [0.05, 0.1) is 12.5 Å². The molecule has 1 saturated heterocycles. The quantitative estimate of drug-likeness (QED) is 0.617. The van der Waals surface area contributed by atoms with Gasteiger partial charge in [-0.15, -0.1) is 0 Å². The lowest BCUT2D eigenvalue weighted by Gasteiger charge is -2.26. The number of hydrogen-bond acceptors (Lipinski definition) is 4. The molecule has 0 aromatic carbocycles. The fraction of sp³-hybridized carbons (Fsp3) is 0.600. The van der Waals surface area contributed by atoms with Gasteiger partial charge in [-0.3, -0.25) is 4.79 Å². The molecule has 82 valence electrons. The van der Waals surface area contributed by atoms with Crippen molar-refractivity contribution in [2.75, 3.05) is 6.54 Å². The van der Waals surface area contributed by atoms with E-state index in [1.807, 2.05) is 0 Å². The zero-order valence-electron chi connectivity index (χ0n) is 8.44. The molecule has 2 heterocycles. The Morgan fingerprint density at radius 3 is 3.07 bits per heavy atom. The number of imidazole rings is 1. The Labute approximate surface area is 87.9 Å². The number of carbonyl (C=O) groups is 1. The summed E-state index contributed by atoms with van der Waals surface area (Å²) in [5.74, 6) is -0.285. The second kappa shape index (κ2) is 4.55. The third-order valence-electron chi connectivity index (χ3n) is 2.76. The average Bonchev–Trinajstić information content (AvgIpc) is 2.82. The van der Waals surface area contributed by atoms with Crippen LogP contribution >= 0.6 is 0 Å². The smallest absolute Gasteiger partial charge is 0.210 e. The van der Waals surface area contributed by atoms with Gasteiger partial charge in [0.1, 0.15) is 11.8 Å². The number of rotatable bonds is 3. The van der Waals surface area contributed by atoms with Gasteiger partial charge in [-0.1, -0.05) is 6.42 Å². The number of aliphatic hydroxyl groups is 1. The summed E-state index contributed by atoms with van der Waals surface area (Å²) >= 11 is 0. The molecule has 0 bridgehead atoms. The Morgan fingerprint density at radius 2 is 2.47 bits per heavy atom. The highest BCUT2D eigenvalue weighted by atomic mass is 16.3. The van der Waals surface area contributed by atoms with Crippen LogP contribution in [0.5, 0.6) is 0 Å². The molecule has 0 radical (unpaired) electrons. The number of nitrogens with zero attached hydrogens (tertiary/aromatic N) is 1. The summed E-state index contributed by atoms with van der Waals surface area (Å²) < 4.78 is 0. The van der Waals surface area contributed by atoms with E-state index in [-0.39, 0.29) is 11.8 Å². The van der Waals surface area contributed by atoms with Crippen molar-refractivity contribution in [3.63, 3.8) is 0 Å². The molecule has 1 aliphatic heterocycles. The molecule has 0 amide bonds. The van der Waals surface area contributed by atoms with Crippen LogP contribution in [0.15, 0.2) is 12.5 Å². The van der Waals surface area contributed by atoms with Crippen molar-refractivity contribution in [1.29, 1.82) is 0 Å². The molecule has 1 aliphatic rings. The van der Waals surface area contributed by atoms with E-state index in [2.05, 4.69) is 15.3 Å².